The Balaban J connectivity index is 1.14. The number of aromatic nitrogens is 2. The number of halogens is 3. The number of rotatable bonds is 9. The molecule has 5 aliphatic heterocycles. The number of fused-ring (bicyclic) bond motifs is 7. The van der Waals surface area contributed by atoms with E-state index in [9.17, 15) is 37.1 Å². The van der Waals surface area contributed by atoms with Gasteiger partial charge in [0, 0.05) is 81.5 Å². The van der Waals surface area contributed by atoms with Gasteiger partial charge in [-0.15, -0.1) is 0 Å². The van der Waals surface area contributed by atoms with Gasteiger partial charge >= 0.3 is 18.2 Å². The molecule has 3 fully saturated rings. The van der Waals surface area contributed by atoms with Crippen LogP contribution < -0.4 is 10.7 Å². The van der Waals surface area contributed by atoms with Gasteiger partial charge < -0.3 is 38.8 Å². The van der Waals surface area contributed by atoms with Crippen molar-refractivity contribution in [2.24, 2.45) is 11.3 Å². The van der Waals surface area contributed by atoms with E-state index in [1.54, 1.807) is 48.2 Å². The number of esters is 1. The molecule has 72 heavy (non-hydrogen) atoms. The summed E-state index contributed by atoms with van der Waals surface area (Å²) in [7, 11) is 3.08. The normalized spacial score (nSPS) is 24.7. The molecule has 2 N–H and O–H groups in total. The fraction of sp³-hybridized carbons (Fsp3) is 0.577. The minimum absolute atomic E-state index is 0.0624. The van der Waals surface area contributed by atoms with Crippen molar-refractivity contribution in [1.29, 1.82) is 0 Å². The van der Waals surface area contributed by atoms with Crippen LogP contribution in [0.3, 0.4) is 0 Å². The van der Waals surface area contributed by atoms with E-state index in [1.165, 1.54) is 27.7 Å². The Morgan fingerprint density at radius 2 is 1.88 bits per heavy atom. The highest BCUT2D eigenvalue weighted by atomic mass is 19.4. The van der Waals surface area contributed by atoms with Gasteiger partial charge in [-0.05, 0) is 85.6 Å². The zero-order valence-electron chi connectivity index (χ0n) is 42.3. The zero-order chi connectivity index (χ0) is 51.8. The lowest BCUT2D eigenvalue weighted by molar-refractivity contribution is -0.155. The van der Waals surface area contributed by atoms with Crippen LogP contribution in [0.2, 0.25) is 0 Å². The number of hydrazine groups is 1. The van der Waals surface area contributed by atoms with Crippen LogP contribution in [0.4, 0.5) is 18.0 Å². The van der Waals surface area contributed by atoms with Crippen molar-refractivity contribution in [3.05, 3.63) is 72.1 Å². The van der Waals surface area contributed by atoms with Gasteiger partial charge in [0.1, 0.15) is 24.7 Å². The van der Waals surface area contributed by atoms with Crippen LogP contribution in [-0.2, 0) is 46.4 Å². The molecular formula is C52H68F3N9O8. The Bertz CT molecular complexity index is 2600. The first-order chi connectivity index (χ1) is 34.2. The molecule has 2 aromatic heterocycles. The molecular weight excluding hydrogens is 936 g/mol. The van der Waals surface area contributed by atoms with Gasteiger partial charge in [0.05, 0.1) is 49.4 Å². The van der Waals surface area contributed by atoms with Crippen molar-refractivity contribution in [1.82, 2.24) is 44.9 Å². The van der Waals surface area contributed by atoms with Crippen LogP contribution in [0, 0.1) is 11.3 Å². The third-order valence-electron chi connectivity index (χ3n) is 14.6. The monoisotopic (exact) mass is 1000 g/mol. The van der Waals surface area contributed by atoms with Crippen molar-refractivity contribution in [3.63, 3.8) is 0 Å². The van der Waals surface area contributed by atoms with Gasteiger partial charge in [-0.1, -0.05) is 46.4 Å². The number of morpholine rings is 1. The molecule has 3 aromatic rings. The molecule has 0 saturated carbocycles. The molecule has 5 aliphatic rings. The Morgan fingerprint density at radius 1 is 1.10 bits per heavy atom. The number of nitrogens with zero attached hydrogens (tertiary/aromatic N) is 7. The first-order valence-electron chi connectivity index (χ1n) is 24.9. The average Bonchev–Trinajstić information content (AvgIpc) is 3.92. The number of hydrogen-bond donors (Lipinski definition) is 2. The van der Waals surface area contributed by atoms with E-state index < -0.39 is 78.2 Å². The largest absolute Gasteiger partial charge is 0.464 e. The molecule has 0 radical (unpaired) electrons. The van der Waals surface area contributed by atoms with E-state index in [1.807, 2.05) is 39.8 Å². The Labute approximate surface area is 418 Å². The number of hydrogen-bond acceptors (Lipinski definition) is 11. The zero-order valence-corrected chi connectivity index (χ0v) is 42.3. The number of nitrogens with one attached hydrogen (secondary N) is 2. The number of urea groups is 1. The minimum atomic E-state index is -4.58. The Hall–Kier alpha value is -5.83. The summed E-state index contributed by atoms with van der Waals surface area (Å²) in [5.41, 5.74) is 6.32. The number of alkyl halides is 3. The van der Waals surface area contributed by atoms with E-state index in [0.29, 0.717) is 78.9 Å². The molecule has 1 aromatic carbocycles. The first kappa shape index (κ1) is 52.5. The quantitative estimate of drug-likeness (QED) is 0.210. The molecule has 390 valence electrons. The van der Waals surface area contributed by atoms with E-state index in [4.69, 9.17) is 14.2 Å². The van der Waals surface area contributed by atoms with Crippen LogP contribution >= 0.6 is 0 Å². The fourth-order valence-electron chi connectivity index (χ4n) is 11.1. The third kappa shape index (κ3) is 11.1. The number of benzene rings is 1. The lowest BCUT2D eigenvalue weighted by Crippen LogP contribution is -2.64. The summed E-state index contributed by atoms with van der Waals surface area (Å²) in [6.45, 7) is 13.8. The number of likely N-dealkylation sites (N-methyl/N-ethyl adjacent to an activating group) is 1. The minimum Gasteiger partial charge on any atom is -0.464 e. The van der Waals surface area contributed by atoms with Crippen molar-refractivity contribution in [3.8, 4) is 11.3 Å². The number of amides is 5. The molecule has 7 heterocycles. The molecule has 7 atom stereocenters. The highest BCUT2D eigenvalue weighted by Crippen LogP contribution is 2.43. The highest BCUT2D eigenvalue weighted by molar-refractivity contribution is 5.95. The highest BCUT2D eigenvalue weighted by Gasteiger charge is 2.46. The van der Waals surface area contributed by atoms with Crippen molar-refractivity contribution >= 4 is 46.2 Å². The van der Waals surface area contributed by atoms with Gasteiger partial charge in [0.15, 0.2) is 0 Å². The number of ether oxygens (including phenoxy) is 3. The molecule has 6 bridgehead atoms. The van der Waals surface area contributed by atoms with E-state index in [2.05, 4.69) is 33.3 Å². The summed E-state index contributed by atoms with van der Waals surface area (Å²) < 4.78 is 63.2. The van der Waals surface area contributed by atoms with Gasteiger partial charge in [-0.3, -0.25) is 34.1 Å². The maximum atomic E-state index is 14.8. The lowest BCUT2D eigenvalue weighted by atomic mass is 9.84. The van der Waals surface area contributed by atoms with Gasteiger partial charge in [-0.2, -0.15) is 13.2 Å². The summed E-state index contributed by atoms with van der Waals surface area (Å²) in [6.07, 6.45) is 1.04. The van der Waals surface area contributed by atoms with E-state index >= 15 is 0 Å². The molecule has 0 aliphatic carbocycles. The summed E-state index contributed by atoms with van der Waals surface area (Å²) in [6, 6.07) is 5.09. The number of carbonyl (C=O) groups excluding carboxylic acids is 5. The molecule has 0 spiro atoms. The Morgan fingerprint density at radius 3 is 2.60 bits per heavy atom. The standard InChI is InChI=1S/C52H68F3N9O8/c1-9-43(65)62-21-22-71-42-28-61(27-41(42)62)50(69)59(7)45(31(2)3)47(66)57-39-26-60-19-11-13-34(25-60)33-16-17-40-36(23-33)37(24-51(5,6)30-72-49(68)38-15-12-20-64(58-38)48(39)67)46(63(40)29-52(53,54)55)35-14-10-18-56-44(35)32(4)70-8/h9-10,13-14,16-18,23,31-32,38-39,41-42,45,58H,1,11-12,15,19-22,24-30H2,2-8H3,(H,57,66)/t32-,38-,39-,41+,42-,45-/m0/s1. The number of carbonyl (C=O) groups is 5. The van der Waals surface area contributed by atoms with Crippen molar-refractivity contribution < 1.29 is 51.4 Å². The molecule has 5 amide bonds. The molecule has 8 rings (SSSR count). The van der Waals surface area contributed by atoms with Gasteiger partial charge in [-0.25, -0.2) is 10.2 Å². The van der Waals surface area contributed by atoms with Crippen LogP contribution in [0.25, 0.3) is 27.7 Å². The second-order valence-corrected chi connectivity index (χ2v) is 20.9. The second-order valence-electron chi connectivity index (χ2n) is 20.9. The van der Waals surface area contributed by atoms with E-state index in [-0.39, 0.29) is 51.2 Å². The number of pyridine rings is 1. The van der Waals surface area contributed by atoms with Crippen molar-refractivity contribution in [2.45, 2.75) is 109 Å². The SMILES string of the molecule is C=CC(=O)N1CCO[C@H]2CN(C(=O)N(C)[C@H](C(=O)N[C@H]3CN4CCC=C(C4)c4ccc5c(c4)c(c(-c4cccnc4[C@H](C)OC)n5CC(F)(F)F)CC(C)(C)COC(=O)[C@@H]4CCCN(N4)C3=O)C(C)C)C[C@H]21. The summed E-state index contributed by atoms with van der Waals surface area (Å²) in [4.78, 5) is 81.7. The third-order valence-corrected chi connectivity index (χ3v) is 14.6. The summed E-state index contributed by atoms with van der Waals surface area (Å²) in [5, 5.41) is 5.01. The van der Waals surface area contributed by atoms with Crippen LogP contribution in [-0.4, -0.2) is 174 Å². The smallest absolute Gasteiger partial charge is 0.406 e. The second kappa shape index (κ2) is 21.3. The summed E-state index contributed by atoms with van der Waals surface area (Å²) >= 11 is 0. The number of cyclic esters (lactones) is 1. The Kier molecular flexibility index (Phi) is 15.5. The molecule has 1 unspecified atom stereocenters. The number of methoxy groups -OCH3 is 1. The lowest BCUT2D eigenvalue weighted by Gasteiger charge is -2.38. The predicted octanol–water partition coefficient (Wildman–Crippen LogP) is 5.34. The maximum absolute atomic E-state index is 14.8. The van der Waals surface area contributed by atoms with Crippen LogP contribution in [0.5, 0.6) is 0 Å². The first-order valence-corrected chi connectivity index (χ1v) is 24.9. The van der Waals surface area contributed by atoms with Crippen LogP contribution in [0.1, 0.15) is 76.8 Å². The average molecular weight is 1000 g/mol. The van der Waals surface area contributed by atoms with E-state index in [0.717, 1.165) is 11.1 Å². The maximum Gasteiger partial charge on any atom is 0.406 e. The molecule has 17 nitrogen and oxygen atoms in total. The van der Waals surface area contributed by atoms with Crippen molar-refractivity contribution in [2.75, 3.05) is 73.2 Å². The van der Waals surface area contributed by atoms with Gasteiger partial charge in [0.2, 0.25) is 11.8 Å². The predicted molar refractivity (Wildman–Crippen MR) is 263 cm³/mol. The molecule has 3 saturated heterocycles. The topological polar surface area (TPSA) is 171 Å². The molecule has 20 heteroatoms. The number of likely N-dealkylation sites (tertiary alicyclic amines) is 1. The van der Waals surface area contributed by atoms with Gasteiger partial charge in [0.25, 0.3) is 5.91 Å². The van der Waals surface area contributed by atoms with Crippen LogP contribution in [0.15, 0.2) is 55.3 Å². The fourth-order valence-corrected chi connectivity index (χ4v) is 11.1. The summed E-state index contributed by atoms with van der Waals surface area (Å²) in [5.74, 6) is -2.25.